The first kappa shape index (κ1) is 27.9. The number of rotatable bonds is 4. The predicted molar refractivity (Wildman–Crippen MR) is 112 cm³/mol. The van der Waals surface area contributed by atoms with Crippen molar-refractivity contribution in [1.82, 2.24) is 5.32 Å². The van der Waals surface area contributed by atoms with E-state index in [1.165, 1.54) is 0 Å². The van der Waals surface area contributed by atoms with Gasteiger partial charge in [0.2, 0.25) is 0 Å². The van der Waals surface area contributed by atoms with Gasteiger partial charge in [0.15, 0.2) is 0 Å². The fraction of sp³-hybridized carbons (Fsp3) is 0.250. The molecule has 0 bridgehead atoms. The number of carbonyl (C=O) groups is 2. The Morgan fingerprint density at radius 3 is 2.33 bits per heavy atom. The van der Waals surface area contributed by atoms with Gasteiger partial charge < -0.3 is 20.9 Å². The monoisotopic (exact) mass is 478 g/mol. The summed E-state index contributed by atoms with van der Waals surface area (Å²) < 4.78 is 5.03. The van der Waals surface area contributed by atoms with Crippen LogP contribution >= 0.6 is 60.4 Å². The summed E-state index contributed by atoms with van der Waals surface area (Å²) in [7, 11) is 0. The number of carboxylic acid groups (broad SMARTS) is 1. The zero-order valence-corrected chi connectivity index (χ0v) is 18.2. The molecule has 0 spiro atoms. The number of halogens is 5. The third kappa shape index (κ3) is 5.59. The van der Waals surface area contributed by atoms with Gasteiger partial charge in [-0.05, 0) is 25.5 Å². The molecule has 4 N–H and O–H groups in total. The number of benzene rings is 1. The van der Waals surface area contributed by atoms with Crippen molar-refractivity contribution in [3.05, 3.63) is 56.5 Å². The van der Waals surface area contributed by atoms with E-state index in [-0.39, 0.29) is 70.8 Å². The number of hydrogen-bond acceptors (Lipinski definition) is 5. The van der Waals surface area contributed by atoms with Crippen LogP contribution in [0.4, 0.5) is 0 Å². The predicted octanol–water partition coefficient (Wildman–Crippen LogP) is 4.04. The Morgan fingerprint density at radius 1 is 1.22 bits per heavy atom. The van der Waals surface area contributed by atoms with Crippen LogP contribution in [0.2, 0.25) is 10.0 Å². The molecule has 0 saturated heterocycles. The Balaban J connectivity index is 0. The number of nitrogens with two attached hydrogens (primary N) is 1. The molecule has 6 nitrogen and oxygen atoms in total. The van der Waals surface area contributed by atoms with E-state index in [2.05, 4.69) is 5.32 Å². The molecule has 11 heteroatoms. The summed E-state index contributed by atoms with van der Waals surface area (Å²) in [6.45, 7) is 3.33. The van der Waals surface area contributed by atoms with Crippen molar-refractivity contribution in [3.63, 3.8) is 0 Å². The van der Waals surface area contributed by atoms with Gasteiger partial charge in [-0.1, -0.05) is 35.3 Å². The molecule has 1 atom stereocenters. The van der Waals surface area contributed by atoms with Gasteiger partial charge in [-0.15, -0.1) is 37.2 Å². The summed E-state index contributed by atoms with van der Waals surface area (Å²) in [6, 6.07) is 4.80. The largest absolute Gasteiger partial charge is 0.478 e. The minimum Gasteiger partial charge on any atom is -0.478 e. The first-order chi connectivity index (χ1) is 11.3. The van der Waals surface area contributed by atoms with Crippen LogP contribution in [0.5, 0.6) is 0 Å². The Hall–Kier alpha value is -1.31. The van der Waals surface area contributed by atoms with Crippen LogP contribution in [0.3, 0.4) is 0 Å². The van der Waals surface area contributed by atoms with E-state index >= 15 is 0 Å². The van der Waals surface area contributed by atoms with Crippen LogP contribution in [-0.4, -0.2) is 23.7 Å². The maximum Gasteiger partial charge on any atom is 0.338 e. The number of esters is 1. The van der Waals surface area contributed by atoms with E-state index in [9.17, 15) is 14.7 Å². The minimum atomic E-state index is -1.20. The molecule has 1 aliphatic rings. The van der Waals surface area contributed by atoms with Crippen LogP contribution < -0.4 is 11.1 Å². The van der Waals surface area contributed by atoms with Crippen LogP contribution in [-0.2, 0) is 14.3 Å². The van der Waals surface area contributed by atoms with Gasteiger partial charge in [0.25, 0.3) is 0 Å². The molecule has 1 aliphatic heterocycles. The third-order valence-electron chi connectivity index (χ3n) is 3.61. The zero-order valence-electron chi connectivity index (χ0n) is 14.2. The van der Waals surface area contributed by atoms with Crippen molar-refractivity contribution < 1.29 is 19.4 Å². The number of carbonyl (C=O) groups excluding carboxylic acids is 1. The molecule has 2 rings (SSSR count). The first-order valence-electron chi connectivity index (χ1n) is 7.11. The second-order valence-corrected chi connectivity index (χ2v) is 5.88. The average Bonchev–Trinajstić information content (AvgIpc) is 2.49. The van der Waals surface area contributed by atoms with E-state index in [1.807, 2.05) is 0 Å². The molecule has 152 valence electrons. The van der Waals surface area contributed by atoms with Crippen molar-refractivity contribution in [2.45, 2.75) is 19.8 Å². The molecular weight excluding hydrogens is 461 g/mol. The van der Waals surface area contributed by atoms with Crippen molar-refractivity contribution in [2.75, 3.05) is 6.61 Å². The molecule has 1 unspecified atom stereocenters. The second-order valence-electron chi connectivity index (χ2n) is 5.09. The summed E-state index contributed by atoms with van der Waals surface area (Å²) in [5.41, 5.74) is 6.57. The Bertz CT molecular complexity index is 780. The molecule has 0 aliphatic carbocycles. The highest BCUT2D eigenvalue weighted by Crippen LogP contribution is 2.42. The topological polar surface area (TPSA) is 102 Å². The Morgan fingerprint density at radius 2 is 1.81 bits per heavy atom. The molecule has 0 radical (unpaired) electrons. The van der Waals surface area contributed by atoms with Gasteiger partial charge in [-0.25, -0.2) is 9.59 Å². The summed E-state index contributed by atoms with van der Waals surface area (Å²) in [6.07, 6.45) is 0. The number of ether oxygens (including phenoxy) is 1. The summed E-state index contributed by atoms with van der Waals surface area (Å²) in [5, 5.41) is 12.7. The molecule has 0 aromatic heterocycles. The molecule has 27 heavy (non-hydrogen) atoms. The molecular formula is C16H19Cl5N2O4. The maximum atomic E-state index is 12.4. The first-order valence-corrected chi connectivity index (χ1v) is 7.86. The third-order valence-corrected chi connectivity index (χ3v) is 4.45. The number of hydrogen-bond donors (Lipinski definition) is 3. The van der Waals surface area contributed by atoms with Gasteiger partial charge in [0, 0.05) is 5.70 Å². The fourth-order valence-corrected chi connectivity index (χ4v) is 3.04. The Labute approximate surface area is 185 Å². The fourth-order valence-electron chi connectivity index (χ4n) is 2.63. The van der Waals surface area contributed by atoms with E-state index in [1.54, 1.807) is 32.0 Å². The van der Waals surface area contributed by atoms with Gasteiger partial charge >= 0.3 is 11.9 Å². The van der Waals surface area contributed by atoms with E-state index in [0.29, 0.717) is 11.3 Å². The number of nitrogens with one attached hydrogen (secondary N) is 1. The van der Waals surface area contributed by atoms with E-state index in [0.717, 1.165) is 0 Å². The van der Waals surface area contributed by atoms with Gasteiger partial charge in [0.05, 0.1) is 33.7 Å². The number of carboxylic acids is 1. The molecule has 1 heterocycles. The summed E-state index contributed by atoms with van der Waals surface area (Å²) in [4.78, 5) is 24.2. The van der Waals surface area contributed by atoms with E-state index < -0.39 is 17.9 Å². The summed E-state index contributed by atoms with van der Waals surface area (Å²) >= 11 is 12.3. The minimum absolute atomic E-state index is 0. The SMILES string of the molecule is CCOC(=O)C1=C(N)NC(C)=C(C(=O)O)C1c1cccc(Cl)c1Cl.Cl.Cl.Cl. The van der Waals surface area contributed by atoms with Crippen molar-refractivity contribution >= 4 is 72.4 Å². The van der Waals surface area contributed by atoms with Crippen LogP contribution in [0.25, 0.3) is 0 Å². The number of allylic oxidation sites excluding steroid dienone is 1. The lowest BCUT2D eigenvalue weighted by Crippen LogP contribution is -2.35. The lowest BCUT2D eigenvalue weighted by atomic mass is 9.81. The lowest BCUT2D eigenvalue weighted by molar-refractivity contribution is -0.138. The number of aliphatic carboxylic acids is 1. The molecule has 0 fully saturated rings. The van der Waals surface area contributed by atoms with Crippen molar-refractivity contribution in [1.29, 1.82) is 0 Å². The quantitative estimate of drug-likeness (QED) is 0.563. The van der Waals surface area contributed by atoms with Crippen molar-refractivity contribution in [3.8, 4) is 0 Å². The van der Waals surface area contributed by atoms with Crippen LogP contribution in [0.15, 0.2) is 40.9 Å². The standard InChI is InChI=1S/C16H16Cl2N2O4.3ClH/c1-3-24-16(23)12-11(8-5-4-6-9(17)13(8)18)10(15(21)22)7(2)20-14(12)19;;;/h4-6,11,20H,3,19H2,1-2H3,(H,21,22);3*1H. The van der Waals surface area contributed by atoms with Crippen molar-refractivity contribution in [2.24, 2.45) is 5.73 Å². The highest BCUT2D eigenvalue weighted by atomic mass is 35.5. The highest BCUT2D eigenvalue weighted by molar-refractivity contribution is 6.42. The Kier molecular flexibility index (Phi) is 11.9. The van der Waals surface area contributed by atoms with Gasteiger partial charge in [-0.3, -0.25) is 0 Å². The summed E-state index contributed by atoms with van der Waals surface area (Å²) in [5.74, 6) is -2.88. The highest BCUT2D eigenvalue weighted by Gasteiger charge is 2.39. The maximum absolute atomic E-state index is 12.4. The normalized spacial score (nSPS) is 15.6. The molecule has 1 aromatic carbocycles. The van der Waals surface area contributed by atoms with Gasteiger partial charge in [0.1, 0.15) is 5.82 Å². The van der Waals surface area contributed by atoms with Crippen LogP contribution in [0.1, 0.15) is 25.3 Å². The van der Waals surface area contributed by atoms with E-state index in [4.69, 9.17) is 33.7 Å². The second kappa shape index (κ2) is 11.5. The smallest absolute Gasteiger partial charge is 0.338 e. The lowest BCUT2D eigenvalue weighted by Gasteiger charge is -2.29. The number of dihydropyridines is 1. The molecule has 0 amide bonds. The van der Waals surface area contributed by atoms with Gasteiger partial charge in [-0.2, -0.15) is 0 Å². The average molecular weight is 481 g/mol. The molecule has 1 aromatic rings. The van der Waals surface area contributed by atoms with Crippen LogP contribution in [0, 0.1) is 0 Å². The molecule has 0 saturated carbocycles. The zero-order chi connectivity index (χ0) is 18.0.